The van der Waals surface area contributed by atoms with Crippen molar-refractivity contribution in [2.75, 3.05) is 6.61 Å². The fourth-order valence-electron chi connectivity index (χ4n) is 2.80. The van der Waals surface area contributed by atoms with Gasteiger partial charge in [0.25, 0.3) is 0 Å². The molecule has 3 rings (SSSR count). The third-order valence-corrected chi connectivity index (χ3v) is 4.05. The number of aryl methyl sites for hydroxylation is 2. The molecule has 2 N–H and O–H groups in total. The fraction of sp³-hybridized carbons (Fsp3) is 0.333. The second-order valence-electron chi connectivity index (χ2n) is 5.36. The number of ether oxygens (including phenoxy) is 1. The molecule has 0 saturated carbocycles. The predicted octanol–water partition coefficient (Wildman–Crippen LogP) is 3.62. The van der Waals surface area contributed by atoms with Gasteiger partial charge < -0.3 is 10.5 Å². The van der Waals surface area contributed by atoms with E-state index in [1.54, 1.807) is 0 Å². The first-order valence-corrected chi connectivity index (χ1v) is 7.38. The number of hydrogen-bond acceptors (Lipinski definition) is 2. The Balaban J connectivity index is 1.95. The highest BCUT2D eigenvalue weighted by atomic mass is 16.5. The van der Waals surface area contributed by atoms with Crippen molar-refractivity contribution in [2.45, 2.75) is 32.2 Å². The maximum atomic E-state index is 6.45. The lowest BCUT2D eigenvalue weighted by Gasteiger charge is -2.23. The van der Waals surface area contributed by atoms with Crippen LogP contribution in [0, 0.1) is 0 Å². The highest BCUT2D eigenvalue weighted by molar-refractivity contribution is 5.47. The smallest absolute Gasteiger partial charge is 0.127 e. The zero-order chi connectivity index (χ0) is 13.9. The Bertz CT molecular complexity index is 589. The Morgan fingerprint density at radius 3 is 2.70 bits per heavy atom. The maximum Gasteiger partial charge on any atom is 0.127 e. The molecule has 1 atom stereocenters. The highest BCUT2D eigenvalue weighted by Crippen LogP contribution is 2.34. The van der Waals surface area contributed by atoms with Crippen molar-refractivity contribution >= 4 is 0 Å². The molecule has 1 aliphatic heterocycles. The van der Waals surface area contributed by atoms with Crippen molar-refractivity contribution in [1.29, 1.82) is 0 Å². The lowest BCUT2D eigenvalue weighted by molar-refractivity contribution is 0.284. The molecule has 0 aliphatic carbocycles. The van der Waals surface area contributed by atoms with Gasteiger partial charge in [-0.05, 0) is 36.0 Å². The van der Waals surface area contributed by atoms with Gasteiger partial charge in [-0.3, -0.25) is 0 Å². The van der Waals surface area contributed by atoms with E-state index in [1.807, 2.05) is 0 Å². The molecular weight excluding hydrogens is 246 g/mol. The molecule has 0 saturated heterocycles. The number of hydrogen-bond donors (Lipinski definition) is 1. The second kappa shape index (κ2) is 5.68. The zero-order valence-corrected chi connectivity index (χ0v) is 11.9. The number of benzene rings is 2. The van der Waals surface area contributed by atoms with Gasteiger partial charge in [-0.15, -0.1) is 0 Å². The van der Waals surface area contributed by atoms with Crippen LogP contribution in [0.4, 0.5) is 0 Å². The Morgan fingerprint density at radius 1 is 1.15 bits per heavy atom. The number of para-hydroxylation sites is 1. The molecule has 0 aromatic heterocycles. The van der Waals surface area contributed by atoms with E-state index >= 15 is 0 Å². The summed E-state index contributed by atoms with van der Waals surface area (Å²) in [6.07, 6.45) is 3.24. The van der Waals surface area contributed by atoms with Crippen molar-refractivity contribution in [3.63, 3.8) is 0 Å². The molecule has 0 fully saturated rings. The lowest BCUT2D eigenvalue weighted by Crippen LogP contribution is -2.17. The SMILES string of the molecule is CCc1ccc(C(N)c2cccc3c2OCCC3)cc1. The number of nitrogens with two attached hydrogens (primary N) is 1. The van der Waals surface area contributed by atoms with Crippen LogP contribution < -0.4 is 10.5 Å². The lowest BCUT2D eigenvalue weighted by atomic mass is 9.93. The van der Waals surface area contributed by atoms with Gasteiger partial charge in [-0.1, -0.05) is 49.4 Å². The normalized spacial score (nSPS) is 15.3. The van der Waals surface area contributed by atoms with Gasteiger partial charge in [-0.2, -0.15) is 0 Å². The summed E-state index contributed by atoms with van der Waals surface area (Å²) in [6, 6.07) is 14.8. The van der Waals surface area contributed by atoms with Crippen molar-refractivity contribution in [1.82, 2.24) is 0 Å². The maximum absolute atomic E-state index is 6.45. The summed E-state index contributed by atoms with van der Waals surface area (Å²) in [4.78, 5) is 0. The molecule has 0 amide bonds. The van der Waals surface area contributed by atoms with Crippen LogP contribution in [-0.2, 0) is 12.8 Å². The zero-order valence-electron chi connectivity index (χ0n) is 11.9. The Hall–Kier alpha value is -1.80. The van der Waals surface area contributed by atoms with Crippen LogP contribution in [0.1, 0.15) is 41.6 Å². The molecule has 1 heterocycles. The molecule has 1 aliphatic rings. The summed E-state index contributed by atoms with van der Waals surface area (Å²) in [5.41, 5.74) is 11.3. The van der Waals surface area contributed by atoms with Crippen LogP contribution in [0.2, 0.25) is 0 Å². The number of fused-ring (bicyclic) bond motifs is 1. The van der Waals surface area contributed by atoms with Crippen LogP contribution in [0.15, 0.2) is 42.5 Å². The van der Waals surface area contributed by atoms with Crippen molar-refractivity contribution in [3.8, 4) is 5.75 Å². The molecule has 0 radical (unpaired) electrons. The molecule has 1 unspecified atom stereocenters. The van der Waals surface area contributed by atoms with Gasteiger partial charge in [0.1, 0.15) is 5.75 Å². The molecule has 2 nitrogen and oxygen atoms in total. The van der Waals surface area contributed by atoms with E-state index in [4.69, 9.17) is 10.5 Å². The van der Waals surface area contributed by atoms with Crippen LogP contribution in [0.25, 0.3) is 0 Å². The molecule has 2 heteroatoms. The minimum Gasteiger partial charge on any atom is -0.493 e. The quantitative estimate of drug-likeness (QED) is 0.921. The van der Waals surface area contributed by atoms with Crippen LogP contribution in [-0.4, -0.2) is 6.61 Å². The molecule has 0 bridgehead atoms. The second-order valence-corrected chi connectivity index (χ2v) is 5.36. The molecule has 104 valence electrons. The molecule has 20 heavy (non-hydrogen) atoms. The summed E-state index contributed by atoms with van der Waals surface area (Å²) < 4.78 is 5.86. The average Bonchev–Trinajstić information content (AvgIpc) is 2.54. The van der Waals surface area contributed by atoms with Gasteiger partial charge in [-0.25, -0.2) is 0 Å². The molecule has 2 aromatic rings. The Labute approximate surface area is 120 Å². The first-order chi connectivity index (χ1) is 9.79. The Kier molecular flexibility index (Phi) is 3.75. The van der Waals surface area contributed by atoms with Crippen LogP contribution in [0.3, 0.4) is 0 Å². The molecular formula is C18H21NO. The van der Waals surface area contributed by atoms with Gasteiger partial charge >= 0.3 is 0 Å². The largest absolute Gasteiger partial charge is 0.493 e. The van der Waals surface area contributed by atoms with Gasteiger partial charge in [0, 0.05) is 5.56 Å². The Morgan fingerprint density at radius 2 is 1.95 bits per heavy atom. The standard InChI is InChI=1S/C18H21NO/c1-2-13-8-10-14(11-9-13)17(19)16-7-3-5-15-6-4-12-20-18(15)16/h3,5,7-11,17H,2,4,6,12,19H2,1H3. The molecule has 0 spiro atoms. The minimum absolute atomic E-state index is 0.117. The van der Waals surface area contributed by atoms with Gasteiger partial charge in [0.2, 0.25) is 0 Å². The third-order valence-electron chi connectivity index (χ3n) is 4.05. The van der Waals surface area contributed by atoms with Crippen molar-refractivity contribution in [3.05, 3.63) is 64.7 Å². The third kappa shape index (κ3) is 2.44. The van der Waals surface area contributed by atoms with Crippen LogP contribution >= 0.6 is 0 Å². The van der Waals surface area contributed by atoms with Crippen LogP contribution in [0.5, 0.6) is 5.75 Å². The predicted molar refractivity (Wildman–Crippen MR) is 82.1 cm³/mol. The van der Waals surface area contributed by atoms with Gasteiger partial charge in [0.15, 0.2) is 0 Å². The van der Waals surface area contributed by atoms with Crippen molar-refractivity contribution in [2.24, 2.45) is 5.73 Å². The summed E-state index contributed by atoms with van der Waals surface area (Å²) in [5, 5.41) is 0. The van der Waals surface area contributed by atoms with Gasteiger partial charge in [0.05, 0.1) is 12.6 Å². The summed E-state index contributed by atoms with van der Waals surface area (Å²) >= 11 is 0. The first-order valence-electron chi connectivity index (χ1n) is 7.38. The highest BCUT2D eigenvalue weighted by Gasteiger charge is 2.19. The number of rotatable bonds is 3. The monoisotopic (exact) mass is 267 g/mol. The van der Waals surface area contributed by atoms with E-state index in [1.165, 1.54) is 11.1 Å². The minimum atomic E-state index is -0.117. The van der Waals surface area contributed by atoms with E-state index in [9.17, 15) is 0 Å². The summed E-state index contributed by atoms with van der Waals surface area (Å²) in [5.74, 6) is 1.01. The molecule has 2 aromatic carbocycles. The van der Waals surface area contributed by atoms with E-state index in [-0.39, 0.29) is 6.04 Å². The van der Waals surface area contributed by atoms with E-state index in [2.05, 4.69) is 49.4 Å². The summed E-state index contributed by atoms with van der Waals surface area (Å²) in [6.45, 7) is 2.96. The van der Waals surface area contributed by atoms with E-state index in [0.717, 1.165) is 42.7 Å². The average molecular weight is 267 g/mol. The fourth-order valence-corrected chi connectivity index (χ4v) is 2.80. The topological polar surface area (TPSA) is 35.2 Å². The first kappa shape index (κ1) is 13.2. The van der Waals surface area contributed by atoms with Crippen molar-refractivity contribution < 1.29 is 4.74 Å². The summed E-state index contributed by atoms with van der Waals surface area (Å²) in [7, 11) is 0. The van der Waals surface area contributed by atoms with E-state index in [0.29, 0.717) is 0 Å². The van der Waals surface area contributed by atoms with E-state index < -0.39 is 0 Å².